The first-order chi connectivity index (χ1) is 7.83. The third kappa shape index (κ3) is 31.5. The molecule has 100 valence electrons. The minimum atomic E-state index is -0.163. The first-order valence-corrected chi connectivity index (χ1v) is 5.13. The van der Waals surface area contributed by atoms with E-state index >= 15 is 0 Å². The zero-order valence-corrected chi connectivity index (χ0v) is 12.2. The normalized spacial score (nSPS) is 9.18. The van der Waals surface area contributed by atoms with Crippen LogP contribution < -0.4 is 10.2 Å². The van der Waals surface area contributed by atoms with E-state index in [0.717, 1.165) is 0 Å². The monoisotopic (exact) mass is 262 g/mol. The number of hydrogen-bond acceptors (Lipinski definition) is 6. The quantitative estimate of drug-likeness (QED) is 0.323. The molecule has 0 aromatic rings. The molecule has 0 radical (unpaired) electrons. The van der Waals surface area contributed by atoms with Gasteiger partial charge in [0.25, 0.3) is 0 Å². The summed E-state index contributed by atoms with van der Waals surface area (Å²) in [4.78, 5) is 0. The standard InChI is InChI=1S/2C5H11O3.Mg/c2*1-7-4-5-8-3-2-6;/h2*2-5H2,1H3;/q2*-1;+2. The molecule has 0 saturated heterocycles. The Morgan fingerprint density at radius 1 is 0.647 bits per heavy atom. The Morgan fingerprint density at radius 3 is 1.24 bits per heavy atom. The van der Waals surface area contributed by atoms with Crippen molar-refractivity contribution in [1.29, 1.82) is 0 Å². The van der Waals surface area contributed by atoms with Gasteiger partial charge < -0.3 is 29.2 Å². The number of hydrogen-bond donors (Lipinski definition) is 0. The fraction of sp³-hybridized carbons (Fsp3) is 1.00. The predicted octanol–water partition coefficient (Wildman–Crippen LogP) is -2.36. The van der Waals surface area contributed by atoms with Crippen molar-refractivity contribution in [2.45, 2.75) is 0 Å². The van der Waals surface area contributed by atoms with Gasteiger partial charge in [0, 0.05) is 27.4 Å². The largest absolute Gasteiger partial charge is 2.00 e. The van der Waals surface area contributed by atoms with Crippen LogP contribution in [0.1, 0.15) is 0 Å². The molecule has 0 bridgehead atoms. The van der Waals surface area contributed by atoms with Crippen LogP contribution in [0.3, 0.4) is 0 Å². The fourth-order valence-corrected chi connectivity index (χ4v) is 0.606. The average Bonchev–Trinajstić information content (AvgIpc) is 2.31. The zero-order valence-electron chi connectivity index (χ0n) is 10.8. The predicted molar refractivity (Wildman–Crippen MR) is 60.9 cm³/mol. The van der Waals surface area contributed by atoms with E-state index in [9.17, 15) is 10.2 Å². The molecule has 0 aliphatic rings. The summed E-state index contributed by atoms with van der Waals surface area (Å²) >= 11 is 0. The van der Waals surface area contributed by atoms with Gasteiger partial charge in [-0.2, -0.15) is 0 Å². The van der Waals surface area contributed by atoms with Crippen LogP contribution >= 0.6 is 0 Å². The van der Waals surface area contributed by atoms with Crippen molar-refractivity contribution in [3.63, 3.8) is 0 Å². The van der Waals surface area contributed by atoms with E-state index in [1.54, 1.807) is 14.2 Å². The van der Waals surface area contributed by atoms with Gasteiger partial charge in [0.05, 0.1) is 26.4 Å². The van der Waals surface area contributed by atoms with Gasteiger partial charge in [-0.05, 0) is 0 Å². The Labute approximate surface area is 119 Å². The molecule has 0 N–H and O–H groups in total. The van der Waals surface area contributed by atoms with Gasteiger partial charge in [0.1, 0.15) is 0 Å². The third-order valence-electron chi connectivity index (χ3n) is 1.32. The second-order valence-electron chi connectivity index (χ2n) is 2.62. The maximum atomic E-state index is 9.73. The van der Waals surface area contributed by atoms with Crippen molar-refractivity contribution in [2.24, 2.45) is 0 Å². The van der Waals surface area contributed by atoms with Crippen molar-refractivity contribution in [3.8, 4) is 0 Å². The van der Waals surface area contributed by atoms with Crippen LogP contribution in [0.2, 0.25) is 0 Å². The van der Waals surface area contributed by atoms with Crippen molar-refractivity contribution in [3.05, 3.63) is 0 Å². The number of methoxy groups -OCH3 is 2. The molecule has 0 aromatic heterocycles. The Hall–Kier alpha value is 0.526. The van der Waals surface area contributed by atoms with E-state index in [-0.39, 0.29) is 36.3 Å². The van der Waals surface area contributed by atoms with E-state index in [2.05, 4.69) is 9.47 Å². The van der Waals surface area contributed by atoms with Crippen molar-refractivity contribution in [2.75, 3.05) is 67.1 Å². The summed E-state index contributed by atoms with van der Waals surface area (Å²) in [5.74, 6) is 0. The molecule has 0 spiro atoms. The van der Waals surface area contributed by atoms with Crippen LogP contribution in [-0.4, -0.2) is 90.1 Å². The average molecular weight is 263 g/mol. The molecule has 0 unspecified atom stereocenters. The molecule has 6 nitrogen and oxygen atoms in total. The Balaban J connectivity index is -0.000000218. The van der Waals surface area contributed by atoms with Gasteiger partial charge in [-0.25, -0.2) is 0 Å². The molecule has 0 atom stereocenters. The summed E-state index contributed by atoms with van der Waals surface area (Å²) in [5.41, 5.74) is 0. The van der Waals surface area contributed by atoms with E-state index in [1.807, 2.05) is 0 Å². The molecule has 7 heteroatoms. The maximum absolute atomic E-state index is 9.73. The molecule has 0 heterocycles. The van der Waals surface area contributed by atoms with E-state index in [0.29, 0.717) is 39.6 Å². The van der Waals surface area contributed by atoms with Gasteiger partial charge >= 0.3 is 23.1 Å². The van der Waals surface area contributed by atoms with Gasteiger partial charge in [-0.3, -0.25) is 0 Å². The van der Waals surface area contributed by atoms with Crippen LogP contribution in [0.15, 0.2) is 0 Å². The second-order valence-corrected chi connectivity index (χ2v) is 2.62. The van der Waals surface area contributed by atoms with Crippen molar-refractivity contribution >= 4 is 23.1 Å². The van der Waals surface area contributed by atoms with Crippen LogP contribution in [0, 0.1) is 0 Å². The van der Waals surface area contributed by atoms with Gasteiger partial charge in [0.15, 0.2) is 0 Å². The molecule has 17 heavy (non-hydrogen) atoms. The third-order valence-corrected chi connectivity index (χ3v) is 1.32. The second kappa shape index (κ2) is 25.4. The molecular weight excluding hydrogens is 240 g/mol. The topological polar surface area (TPSA) is 83.0 Å². The molecular formula is C10H22MgO6. The Kier molecular flexibility index (Phi) is 33.9. The van der Waals surface area contributed by atoms with Crippen LogP contribution in [0.5, 0.6) is 0 Å². The minimum Gasteiger partial charge on any atom is -0.853 e. The zero-order chi connectivity index (χ0) is 12.5. The molecule has 0 aliphatic heterocycles. The smallest absolute Gasteiger partial charge is 0.853 e. The molecule has 0 amide bonds. The van der Waals surface area contributed by atoms with E-state index in [1.165, 1.54) is 0 Å². The number of rotatable bonds is 10. The van der Waals surface area contributed by atoms with Crippen LogP contribution in [0.4, 0.5) is 0 Å². The minimum absolute atomic E-state index is 0. The summed E-state index contributed by atoms with van der Waals surface area (Å²) in [6, 6.07) is 0. The molecule has 0 fully saturated rings. The van der Waals surface area contributed by atoms with Gasteiger partial charge in [-0.15, -0.1) is 13.2 Å². The molecule has 0 aliphatic carbocycles. The van der Waals surface area contributed by atoms with Crippen molar-refractivity contribution in [1.82, 2.24) is 0 Å². The molecule has 0 rings (SSSR count). The summed E-state index contributed by atoms with van der Waals surface area (Å²) < 4.78 is 18.9. The Morgan fingerprint density at radius 2 is 1.00 bits per heavy atom. The summed E-state index contributed by atoms with van der Waals surface area (Å²) in [6.07, 6.45) is 0. The number of ether oxygens (including phenoxy) is 4. The molecule has 0 aromatic carbocycles. The van der Waals surface area contributed by atoms with Crippen LogP contribution in [0.25, 0.3) is 0 Å². The Bertz CT molecular complexity index is 82.8. The maximum Gasteiger partial charge on any atom is 2.00 e. The summed E-state index contributed by atoms with van der Waals surface area (Å²) in [5, 5.41) is 19.5. The first kappa shape index (κ1) is 22.7. The van der Waals surface area contributed by atoms with E-state index in [4.69, 9.17) is 9.47 Å². The van der Waals surface area contributed by atoms with E-state index < -0.39 is 0 Å². The van der Waals surface area contributed by atoms with Crippen molar-refractivity contribution < 1.29 is 29.2 Å². The molecule has 0 saturated carbocycles. The van der Waals surface area contributed by atoms with Gasteiger partial charge in [-0.1, -0.05) is 0 Å². The SMILES string of the molecule is COCCOCC[O-].COCCOCC[O-].[Mg+2]. The van der Waals surface area contributed by atoms with Crippen LogP contribution in [-0.2, 0) is 18.9 Å². The fourth-order valence-electron chi connectivity index (χ4n) is 0.606. The summed E-state index contributed by atoms with van der Waals surface area (Å²) in [6.45, 7) is 2.46. The summed E-state index contributed by atoms with van der Waals surface area (Å²) in [7, 11) is 3.20. The first-order valence-electron chi connectivity index (χ1n) is 5.13. The van der Waals surface area contributed by atoms with Gasteiger partial charge in [0.2, 0.25) is 0 Å².